The summed E-state index contributed by atoms with van der Waals surface area (Å²) in [6.07, 6.45) is 4.79. The van der Waals surface area contributed by atoms with Crippen LogP contribution in [0.3, 0.4) is 0 Å². The van der Waals surface area contributed by atoms with E-state index in [0.29, 0.717) is 11.4 Å². The van der Waals surface area contributed by atoms with Crippen molar-refractivity contribution in [3.63, 3.8) is 0 Å². The van der Waals surface area contributed by atoms with Gasteiger partial charge in [-0.3, -0.25) is 14.4 Å². The van der Waals surface area contributed by atoms with Crippen LogP contribution in [0.5, 0.6) is 0 Å². The van der Waals surface area contributed by atoms with E-state index >= 15 is 0 Å². The maximum Gasteiger partial charge on any atom is 0.326 e. The minimum absolute atomic E-state index is 0.0116. The molecule has 36 heavy (non-hydrogen) atoms. The van der Waals surface area contributed by atoms with Crippen molar-refractivity contribution < 1.29 is 29.4 Å². The summed E-state index contributed by atoms with van der Waals surface area (Å²) in [5.41, 5.74) is 6.75. The van der Waals surface area contributed by atoms with Gasteiger partial charge in [0.15, 0.2) is 0 Å². The third kappa shape index (κ3) is 8.78. The number of aromatic nitrogens is 4. The number of nitrogens with one attached hydrogen (secondary N) is 5. The Labute approximate surface area is 207 Å². The second-order valence-electron chi connectivity index (χ2n) is 8.98. The molecule has 198 valence electrons. The average molecular weight is 507 g/mol. The fourth-order valence-corrected chi connectivity index (χ4v) is 3.38. The summed E-state index contributed by atoms with van der Waals surface area (Å²) in [6.45, 7) is 5.04. The highest BCUT2D eigenvalue weighted by Gasteiger charge is 2.32. The number of aliphatic carboxylic acids is 1. The quantitative estimate of drug-likeness (QED) is 0.144. The Balaban J connectivity index is 2.18. The molecule has 14 heteroatoms. The molecule has 2 rings (SSSR count). The zero-order valence-electron chi connectivity index (χ0n) is 20.4. The monoisotopic (exact) mass is 506 g/mol. The topological polar surface area (TPSA) is 228 Å². The summed E-state index contributed by atoms with van der Waals surface area (Å²) in [6, 6.07) is -4.75. The fourth-order valence-electron chi connectivity index (χ4n) is 3.38. The number of aromatic amines is 2. The molecule has 3 amide bonds. The highest BCUT2D eigenvalue weighted by Crippen LogP contribution is 2.09. The van der Waals surface area contributed by atoms with E-state index in [1.807, 2.05) is 13.8 Å². The number of carboxylic acids is 1. The smallest absolute Gasteiger partial charge is 0.326 e. The second-order valence-corrected chi connectivity index (χ2v) is 8.98. The number of amides is 3. The molecule has 0 radical (unpaired) electrons. The molecule has 5 atom stereocenters. The first-order valence-electron chi connectivity index (χ1n) is 11.5. The lowest BCUT2D eigenvalue weighted by Crippen LogP contribution is -2.59. The minimum atomic E-state index is -1.27. The maximum absolute atomic E-state index is 13.2. The fraction of sp³-hybridized carbons (Fsp3) is 0.545. The van der Waals surface area contributed by atoms with Crippen LogP contribution in [0.4, 0.5) is 0 Å². The van der Waals surface area contributed by atoms with E-state index in [9.17, 15) is 29.4 Å². The third-order valence-electron chi connectivity index (χ3n) is 5.37. The number of aliphatic hydroxyl groups excluding tert-OH is 1. The van der Waals surface area contributed by atoms with Crippen LogP contribution in [0.2, 0.25) is 0 Å². The van der Waals surface area contributed by atoms with Crippen molar-refractivity contribution in [3.05, 3.63) is 36.4 Å². The van der Waals surface area contributed by atoms with Gasteiger partial charge in [-0.15, -0.1) is 0 Å². The number of H-pyrrole nitrogens is 2. The summed E-state index contributed by atoms with van der Waals surface area (Å²) in [4.78, 5) is 63.8. The van der Waals surface area contributed by atoms with E-state index in [4.69, 9.17) is 5.73 Å². The van der Waals surface area contributed by atoms with Crippen molar-refractivity contribution in [1.29, 1.82) is 0 Å². The first-order valence-corrected chi connectivity index (χ1v) is 11.5. The summed E-state index contributed by atoms with van der Waals surface area (Å²) in [5, 5.41) is 26.8. The number of rotatable bonds is 14. The van der Waals surface area contributed by atoms with Crippen LogP contribution >= 0.6 is 0 Å². The molecule has 0 aromatic carbocycles. The number of carbonyl (C=O) groups is 4. The molecule has 2 aromatic heterocycles. The zero-order valence-corrected chi connectivity index (χ0v) is 20.4. The molecule has 2 heterocycles. The Bertz CT molecular complexity index is 992. The van der Waals surface area contributed by atoms with E-state index in [2.05, 4.69) is 35.9 Å². The van der Waals surface area contributed by atoms with Gasteiger partial charge in [0.2, 0.25) is 17.7 Å². The van der Waals surface area contributed by atoms with E-state index in [1.54, 1.807) is 0 Å². The maximum atomic E-state index is 13.2. The van der Waals surface area contributed by atoms with Gasteiger partial charge in [-0.2, -0.15) is 0 Å². The largest absolute Gasteiger partial charge is 0.480 e. The highest BCUT2D eigenvalue weighted by atomic mass is 16.4. The minimum Gasteiger partial charge on any atom is -0.480 e. The van der Waals surface area contributed by atoms with E-state index in [1.165, 1.54) is 32.0 Å². The molecule has 0 aliphatic carbocycles. The van der Waals surface area contributed by atoms with Gasteiger partial charge >= 0.3 is 5.97 Å². The van der Waals surface area contributed by atoms with Gasteiger partial charge in [0, 0.05) is 36.6 Å². The third-order valence-corrected chi connectivity index (χ3v) is 5.37. The SMILES string of the molecule is CC(C)CC(NC(=O)C(Cc1cnc[nH]1)NC(=O)C(N)C(C)O)C(=O)NC(Cc1cnc[nH]1)C(=O)O. The zero-order chi connectivity index (χ0) is 26.8. The molecule has 0 spiro atoms. The number of hydrogen-bond acceptors (Lipinski definition) is 8. The van der Waals surface area contributed by atoms with Gasteiger partial charge in [0.25, 0.3) is 0 Å². The highest BCUT2D eigenvalue weighted by molar-refractivity contribution is 5.94. The summed E-state index contributed by atoms with van der Waals surface area (Å²) in [5.74, 6) is -3.39. The molecule has 2 aromatic rings. The van der Waals surface area contributed by atoms with Crippen molar-refractivity contribution in [2.24, 2.45) is 11.7 Å². The van der Waals surface area contributed by atoms with Crippen LogP contribution in [0, 0.1) is 5.92 Å². The van der Waals surface area contributed by atoms with Crippen LogP contribution in [0.1, 0.15) is 38.6 Å². The van der Waals surface area contributed by atoms with Crippen LogP contribution < -0.4 is 21.7 Å². The number of carboxylic acid groups (broad SMARTS) is 1. The van der Waals surface area contributed by atoms with Crippen molar-refractivity contribution >= 4 is 23.7 Å². The van der Waals surface area contributed by atoms with Gasteiger partial charge in [0.05, 0.1) is 18.8 Å². The average Bonchev–Trinajstić information content (AvgIpc) is 3.50. The summed E-state index contributed by atoms with van der Waals surface area (Å²) < 4.78 is 0. The number of hydrogen-bond donors (Lipinski definition) is 8. The molecule has 9 N–H and O–H groups in total. The Morgan fingerprint density at radius 2 is 1.33 bits per heavy atom. The van der Waals surface area contributed by atoms with Crippen LogP contribution in [0.25, 0.3) is 0 Å². The molecule has 5 unspecified atom stereocenters. The van der Waals surface area contributed by atoms with Crippen molar-refractivity contribution in [3.8, 4) is 0 Å². The lowest BCUT2D eigenvalue weighted by Gasteiger charge is -2.26. The van der Waals surface area contributed by atoms with Crippen LogP contribution in [-0.4, -0.2) is 84.1 Å². The summed E-state index contributed by atoms with van der Waals surface area (Å²) in [7, 11) is 0. The van der Waals surface area contributed by atoms with Crippen LogP contribution in [-0.2, 0) is 32.0 Å². The van der Waals surface area contributed by atoms with Gasteiger partial charge in [-0.1, -0.05) is 13.8 Å². The number of carbonyl (C=O) groups excluding carboxylic acids is 3. The van der Waals surface area contributed by atoms with Crippen molar-refractivity contribution in [1.82, 2.24) is 35.9 Å². The molecular weight excluding hydrogens is 472 g/mol. The normalized spacial score (nSPS) is 15.4. The standard InChI is InChI=1S/C22H34N8O6/c1-11(2)4-15(19(32)30-17(22(35)36)6-14-8-25-10-27-14)28-20(33)16(5-13-7-24-9-26-13)29-21(34)18(23)12(3)31/h7-12,15-18,31H,4-6,23H2,1-3H3,(H,24,26)(H,25,27)(H,28,33)(H,29,34)(H,30,32)(H,35,36). The predicted octanol–water partition coefficient (Wildman–Crippen LogP) is -1.79. The summed E-state index contributed by atoms with van der Waals surface area (Å²) >= 11 is 0. The Kier molecular flexibility index (Phi) is 10.5. The first-order chi connectivity index (χ1) is 17.0. The van der Waals surface area contributed by atoms with Crippen molar-refractivity contribution in [2.75, 3.05) is 0 Å². The molecule has 14 nitrogen and oxygen atoms in total. The van der Waals surface area contributed by atoms with E-state index in [0.717, 1.165) is 0 Å². The van der Waals surface area contributed by atoms with E-state index in [-0.39, 0.29) is 25.2 Å². The molecule has 0 saturated carbocycles. The lowest BCUT2D eigenvalue weighted by atomic mass is 10.0. The second kappa shape index (κ2) is 13.3. The molecule has 0 bridgehead atoms. The van der Waals surface area contributed by atoms with Crippen molar-refractivity contribution in [2.45, 2.75) is 70.3 Å². The number of imidazole rings is 2. The van der Waals surface area contributed by atoms with Gasteiger partial charge in [0.1, 0.15) is 24.2 Å². The molecule has 0 aliphatic rings. The Morgan fingerprint density at radius 1 is 0.861 bits per heavy atom. The van der Waals surface area contributed by atoms with Gasteiger partial charge in [-0.25, -0.2) is 14.8 Å². The number of aliphatic hydroxyl groups is 1. The molecule has 0 saturated heterocycles. The lowest BCUT2D eigenvalue weighted by molar-refractivity contribution is -0.142. The number of nitrogens with two attached hydrogens (primary N) is 1. The molecule has 0 fully saturated rings. The van der Waals surface area contributed by atoms with Gasteiger partial charge < -0.3 is 41.9 Å². The van der Waals surface area contributed by atoms with Crippen LogP contribution in [0.15, 0.2) is 25.0 Å². The Hall–Kier alpha value is -3.78. The first kappa shape index (κ1) is 28.5. The Morgan fingerprint density at radius 3 is 1.78 bits per heavy atom. The molecule has 0 aliphatic heterocycles. The number of nitrogens with zero attached hydrogens (tertiary/aromatic N) is 2. The van der Waals surface area contributed by atoms with Gasteiger partial charge in [-0.05, 0) is 19.3 Å². The van der Waals surface area contributed by atoms with E-state index < -0.39 is 54.0 Å². The molecular formula is C22H34N8O6. The predicted molar refractivity (Wildman–Crippen MR) is 127 cm³/mol.